The Balaban J connectivity index is 1.50. The van der Waals surface area contributed by atoms with Gasteiger partial charge in [-0.2, -0.15) is 0 Å². The number of nitrogens with one attached hydrogen (secondary N) is 2. The zero-order chi connectivity index (χ0) is 17.8. The molecule has 2 aromatic carbocycles. The molecule has 0 unspecified atom stereocenters. The molecule has 5 heteroatoms. The van der Waals surface area contributed by atoms with Crippen molar-refractivity contribution < 1.29 is 9.59 Å². The predicted octanol–water partition coefficient (Wildman–Crippen LogP) is 3.48. The van der Waals surface area contributed by atoms with Gasteiger partial charge >= 0.3 is 6.03 Å². The number of carbonyl (C=O) groups is 2. The lowest BCUT2D eigenvalue weighted by Crippen LogP contribution is -2.34. The Hall–Kier alpha value is -2.82. The topological polar surface area (TPSA) is 61.4 Å². The molecular formula is C20H23N3O2. The van der Waals surface area contributed by atoms with Crippen LogP contribution in [0.3, 0.4) is 0 Å². The number of nitrogens with zero attached hydrogens (tertiary/aromatic N) is 1. The van der Waals surface area contributed by atoms with E-state index in [4.69, 9.17) is 0 Å². The average molecular weight is 337 g/mol. The standard InChI is InChI=1S/C20H23N3O2/c1-14-3-7-17(8-4-14)22-20(25)21-12-16-11-19(24)23(13-16)18-9-5-15(2)6-10-18/h3-10,16H,11-13H2,1-2H3,(H2,21,22,25)/t16-/m1/s1. The second kappa shape index (κ2) is 7.38. The molecule has 25 heavy (non-hydrogen) atoms. The molecule has 1 atom stereocenters. The highest BCUT2D eigenvalue weighted by Crippen LogP contribution is 2.25. The minimum Gasteiger partial charge on any atom is -0.338 e. The van der Waals surface area contributed by atoms with Crippen molar-refractivity contribution in [1.82, 2.24) is 5.32 Å². The van der Waals surface area contributed by atoms with E-state index in [1.807, 2.05) is 62.4 Å². The van der Waals surface area contributed by atoms with Gasteiger partial charge in [0.2, 0.25) is 5.91 Å². The number of amides is 3. The van der Waals surface area contributed by atoms with Gasteiger partial charge in [-0.15, -0.1) is 0 Å². The Morgan fingerprint density at radius 2 is 1.64 bits per heavy atom. The first-order chi connectivity index (χ1) is 12.0. The Morgan fingerprint density at radius 1 is 1.04 bits per heavy atom. The number of carbonyl (C=O) groups excluding carboxylic acids is 2. The fourth-order valence-corrected chi connectivity index (χ4v) is 2.94. The van der Waals surface area contributed by atoms with E-state index in [0.717, 1.165) is 16.9 Å². The monoisotopic (exact) mass is 337 g/mol. The van der Waals surface area contributed by atoms with Gasteiger partial charge in [0.25, 0.3) is 0 Å². The first-order valence-corrected chi connectivity index (χ1v) is 8.50. The van der Waals surface area contributed by atoms with Crippen molar-refractivity contribution in [2.24, 2.45) is 5.92 Å². The van der Waals surface area contributed by atoms with Crippen LogP contribution in [0.15, 0.2) is 48.5 Å². The second-order valence-corrected chi connectivity index (χ2v) is 6.61. The summed E-state index contributed by atoms with van der Waals surface area (Å²) in [5.41, 5.74) is 3.99. The van der Waals surface area contributed by atoms with Crippen molar-refractivity contribution in [3.8, 4) is 0 Å². The number of urea groups is 1. The van der Waals surface area contributed by atoms with Gasteiger partial charge in [-0.1, -0.05) is 35.4 Å². The van der Waals surface area contributed by atoms with Gasteiger partial charge in [-0.25, -0.2) is 4.79 Å². The molecule has 130 valence electrons. The Kier molecular flexibility index (Phi) is 5.03. The van der Waals surface area contributed by atoms with Gasteiger partial charge in [0.05, 0.1) is 0 Å². The van der Waals surface area contributed by atoms with Crippen LogP contribution in [0, 0.1) is 19.8 Å². The second-order valence-electron chi connectivity index (χ2n) is 6.61. The van der Waals surface area contributed by atoms with E-state index in [-0.39, 0.29) is 17.9 Å². The normalized spacial score (nSPS) is 16.8. The van der Waals surface area contributed by atoms with E-state index < -0.39 is 0 Å². The van der Waals surface area contributed by atoms with Crippen LogP contribution in [0.5, 0.6) is 0 Å². The number of hydrogen-bond acceptors (Lipinski definition) is 2. The molecule has 0 saturated carbocycles. The molecule has 1 fully saturated rings. The van der Waals surface area contributed by atoms with Crippen molar-refractivity contribution in [2.75, 3.05) is 23.3 Å². The van der Waals surface area contributed by atoms with Gasteiger partial charge in [0.15, 0.2) is 0 Å². The average Bonchev–Trinajstić information content (AvgIpc) is 2.97. The van der Waals surface area contributed by atoms with Gasteiger partial charge in [-0.05, 0) is 38.1 Å². The van der Waals surface area contributed by atoms with Crippen LogP contribution in [-0.2, 0) is 4.79 Å². The first-order valence-electron chi connectivity index (χ1n) is 8.50. The van der Waals surface area contributed by atoms with Crippen LogP contribution in [0.25, 0.3) is 0 Å². The van der Waals surface area contributed by atoms with Gasteiger partial charge in [0.1, 0.15) is 0 Å². The van der Waals surface area contributed by atoms with Crippen molar-refractivity contribution in [3.63, 3.8) is 0 Å². The van der Waals surface area contributed by atoms with E-state index in [1.165, 1.54) is 5.56 Å². The summed E-state index contributed by atoms with van der Waals surface area (Å²) in [7, 11) is 0. The summed E-state index contributed by atoms with van der Waals surface area (Å²) in [6, 6.07) is 15.3. The smallest absolute Gasteiger partial charge is 0.319 e. The molecule has 2 N–H and O–H groups in total. The minimum absolute atomic E-state index is 0.106. The lowest BCUT2D eigenvalue weighted by molar-refractivity contribution is -0.117. The predicted molar refractivity (Wildman–Crippen MR) is 99.8 cm³/mol. The van der Waals surface area contributed by atoms with Crippen LogP contribution in [-0.4, -0.2) is 25.0 Å². The van der Waals surface area contributed by atoms with Crippen LogP contribution in [0.4, 0.5) is 16.2 Å². The summed E-state index contributed by atoms with van der Waals surface area (Å²) in [6.45, 7) is 5.13. The van der Waals surface area contributed by atoms with Crippen LogP contribution < -0.4 is 15.5 Å². The quantitative estimate of drug-likeness (QED) is 0.897. The zero-order valence-corrected chi connectivity index (χ0v) is 14.6. The Morgan fingerprint density at radius 3 is 2.28 bits per heavy atom. The summed E-state index contributed by atoms with van der Waals surface area (Å²) in [4.78, 5) is 26.0. The van der Waals surface area contributed by atoms with Crippen LogP contribution in [0.1, 0.15) is 17.5 Å². The maximum absolute atomic E-state index is 12.2. The summed E-state index contributed by atoms with van der Waals surface area (Å²) in [5, 5.41) is 5.67. The van der Waals surface area contributed by atoms with E-state index in [9.17, 15) is 9.59 Å². The molecule has 1 saturated heterocycles. The molecule has 0 spiro atoms. The zero-order valence-electron chi connectivity index (χ0n) is 14.6. The van der Waals surface area contributed by atoms with Crippen LogP contribution >= 0.6 is 0 Å². The molecule has 0 radical (unpaired) electrons. The fraction of sp³-hybridized carbons (Fsp3) is 0.300. The highest BCUT2D eigenvalue weighted by atomic mass is 16.2. The first kappa shape index (κ1) is 17.0. The Bertz CT molecular complexity index is 754. The minimum atomic E-state index is -0.245. The number of hydrogen-bond donors (Lipinski definition) is 2. The van der Waals surface area contributed by atoms with E-state index >= 15 is 0 Å². The molecule has 1 heterocycles. The van der Waals surface area contributed by atoms with Gasteiger partial charge in [0, 0.05) is 36.8 Å². The van der Waals surface area contributed by atoms with E-state index in [0.29, 0.717) is 19.5 Å². The maximum Gasteiger partial charge on any atom is 0.319 e. The molecule has 1 aliphatic rings. The molecule has 1 aliphatic heterocycles. The molecule has 2 aromatic rings. The van der Waals surface area contributed by atoms with Crippen molar-refractivity contribution in [2.45, 2.75) is 20.3 Å². The number of rotatable bonds is 4. The van der Waals surface area contributed by atoms with E-state index in [2.05, 4.69) is 10.6 Å². The van der Waals surface area contributed by atoms with E-state index in [1.54, 1.807) is 4.90 Å². The summed E-state index contributed by atoms with van der Waals surface area (Å²) in [5.74, 6) is 0.229. The van der Waals surface area contributed by atoms with Crippen molar-refractivity contribution in [3.05, 3.63) is 59.7 Å². The highest BCUT2D eigenvalue weighted by Gasteiger charge is 2.30. The SMILES string of the molecule is Cc1ccc(NC(=O)NC[C@H]2CC(=O)N(c3ccc(C)cc3)C2)cc1. The van der Waals surface area contributed by atoms with Crippen molar-refractivity contribution in [1.29, 1.82) is 0 Å². The van der Waals surface area contributed by atoms with Crippen molar-refractivity contribution >= 4 is 23.3 Å². The summed E-state index contributed by atoms with van der Waals surface area (Å²) in [6.07, 6.45) is 0.457. The molecular weight excluding hydrogens is 314 g/mol. The largest absolute Gasteiger partial charge is 0.338 e. The molecule has 3 rings (SSSR count). The number of aryl methyl sites for hydroxylation is 2. The maximum atomic E-state index is 12.2. The lowest BCUT2D eigenvalue weighted by atomic mass is 10.1. The molecule has 0 aromatic heterocycles. The Labute approximate surface area is 148 Å². The molecule has 0 aliphatic carbocycles. The third-order valence-electron chi connectivity index (χ3n) is 4.41. The molecule has 0 bridgehead atoms. The molecule has 5 nitrogen and oxygen atoms in total. The third kappa shape index (κ3) is 4.38. The molecule has 3 amide bonds. The lowest BCUT2D eigenvalue weighted by Gasteiger charge is -2.17. The van der Waals surface area contributed by atoms with Gasteiger partial charge in [-0.3, -0.25) is 4.79 Å². The number of benzene rings is 2. The number of anilines is 2. The summed E-state index contributed by atoms with van der Waals surface area (Å²) < 4.78 is 0. The van der Waals surface area contributed by atoms with Gasteiger partial charge < -0.3 is 15.5 Å². The summed E-state index contributed by atoms with van der Waals surface area (Å²) >= 11 is 0. The highest BCUT2D eigenvalue weighted by molar-refractivity contribution is 5.96. The third-order valence-corrected chi connectivity index (χ3v) is 4.41. The van der Waals surface area contributed by atoms with Crippen LogP contribution in [0.2, 0.25) is 0 Å². The fourth-order valence-electron chi connectivity index (χ4n) is 2.94.